The highest BCUT2D eigenvalue weighted by Crippen LogP contribution is 2.26. The lowest BCUT2D eigenvalue weighted by Crippen LogP contribution is -1.99. The van der Waals surface area contributed by atoms with Crippen molar-refractivity contribution in [3.63, 3.8) is 0 Å². The average Bonchev–Trinajstić information content (AvgIpc) is 2.88. The number of hydrogen-bond acceptors (Lipinski definition) is 6. The first-order chi connectivity index (χ1) is 8.86. The molecule has 0 saturated heterocycles. The summed E-state index contributed by atoms with van der Waals surface area (Å²) in [5.41, 5.74) is 0.619. The molecular weight excluding hydrogens is 232 g/mol. The van der Waals surface area contributed by atoms with Gasteiger partial charge in [0.05, 0.1) is 12.4 Å². The predicted molar refractivity (Wildman–Crippen MR) is 65.5 cm³/mol. The third-order valence-corrected chi connectivity index (χ3v) is 2.35. The van der Waals surface area contributed by atoms with E-state index in [0.29, 0.717) is 23.2 Å². The van der Waals surface area contributed by atoms with E-state index in [1.54, 1.807) is 37.8 Å². The van der Waals surface area contributed by atoms with E-state index in [4.69, 9.17) is 4.74 Å². The van der Waals surface area contributed by atoms with E-state index in [2.05, 4.69) is 30.5 Å². The summed E-state index contributed by atoms with van der Waals surface area (Å²) in [6.45, 7) is 0. The minimum Gasteiger partial charge on any atom is -0.436 e. The van der Waals surface area contributed by atoms with Crippen LogP contribution in [0.25, 0.3) is 11.0 Å². The molecule has 3 rings (SSSR count). The Balaban J connectivity index is 2.07. The Morgan fingerprint density at radius 3 is 3.00 bits per heavy atom. The second-order valence-corrected chi connectivity index (χ2v) is 3.53. The second-order valence-electron chi connectivity index (χ2n) is 3.53. The average molecular weight is 242 g/mol. The molecule has 0 amide bonds. The molecule has 0 bridgehead atoms. The molecule has 0 aliphatic rings. The zero-order valence-electron chi connectivity index (χ0n) is 9.58. The number of pyridine rings is 1. The molecule has 0 radical (unpaired) electrons. The topological polar surface area (TPSA) is 88.6 Å². The van der Waals surface area contributed by atoms with E-state index in [-0.39, 0.29) is 0 Å². The Hall–Kier alpha value is -2.70. The third-order valence-electron chi connectivity index (χ3n) is 2.35. The minimum atomic E-state index is 0.436. The van der Waals surface area contributed by atoms with Gasteiger partial charge in [-0.05, 0) is 12.1 Å². The fraction of sp³-hybridized carbons (Fsp3) is 0.0909. The lowest BCUT2D eigenvalue weighted by Gasteiger charge is -2.06. The van der Waals surface area contributed by atoms with Crippen molar-refractivity contribution in [2.75, 3.05) is 12.4 Å². The second kappa shape index (κ2) is 4.28. The first-order valence-electron chi connectivity index (χ1n) is 5.33. The van der Waals surface area contributed by atoms with Gasteiger partial charge in [-0.2, -0.15) is 15.1 Å². The summed E-state index contributed by atoms with van der Waals surface area (Å²) in [4.78, 5) is 12.5. The first-order valence-corrected chi connectivity index (χ1v) is 5.33. The number of rotatable bonds is 3. The normalized spacial score (nSPS) is 10.5. The fourth-order valence-corrected chi connectivity index (χ4v) is 1.52. The predicted octanol–water partition coefficient (Wildman–Crippen LogP) is 1.58. The number of aromatic nitrogens is 5. The quantitative estimate of drug-likeness (QED) is 0.724. The molecular formula is C11H10N6O. The van der Waals surface area contributed by atoms with Gasteiger partial charge >= 0.3 is 0 Å². The molecule has 7 nitrogen and oxygen atoms in total. The van der Waals surface area contributed by atoms with Crippen LogP contribution in [0, 0.1) is 0 Å². The summed E-state index contributed by atoms with van der Waals surface area (Å²) in [5.74, 6) is 1.51. The van der Waals surface area contributed by atoms with Crippen molar-refractivity contribution in [2.45, 2.75) is 0 Å². The Morgan fingerprint density at radius 1 is 1.28 bits per heavy atom. The highest BCUT2D eigenvalue weighted by Gasteiger charge is 2.10. The van der Waals surface area contributed by atoms with E-state index in [1.165, 1.54) is 0 Å². The molecule has 0 fully saturated rings. The molecule has 0 saturated carbocycles. The minimum absolute atomic E-state index is 0.436. The highest BCUT2D eigenvalue weighted by atomic mass is 16.5. The zero-order valence-corrected chi connectivity index (χ0v) is 9.58. The van der Waals surface area contributed by atoms with Gasteiger partial charge in [-0.1, -0.05) is 0 Å². The van der Waals surface area contributed by atoms with Crippen molar-refractivity contribution in [1.82, 2.24) is 25.1 Å². The largest absolute Gasteiger partial charge is 0.436 e. The van der Waals surface area contributed by atoms with E-state index in [0.717, 1.165) is 5.39 Å². The summed E-state index contributed by atoms with van der Waals surface area (Å²) in [6.07, 6.45) is 4.92. The molecule has 0 aliphatic carbocycles. The van der Waals surface area contributed by atoms with Crippen LogP contribution in [0.1, 0.15) is 0 Å². The van der Waals surface area contributed by atoms with Crippen LogP contribution in [0.15, 0.2) is 30.7 Å². The number of hydrogen-bond donors (Lipinski definition) is 2. The van der Waals surface area contributed by atoms with E-state index in [9.17, 15) is 0 Å². The molecule has 0 spiro atoms. The Bertz CT molecular complexity index is 666. The number of H-pyrrole nitrogens is 1. The molecule has 7 heteroatoms. The molecule has 0 atom stereocenters. The van der Waals surface area contributed by atoms with Crippen molar-refractivity contribution in [3.8, 4) is 11.6 Å². The number of aromatic amines is 1. The lowest BCUT2D eigenvalue weighted by molar-refractivity contribution is 0.467. The van der Waals surface area contributed by atoms with Crippen LogP contribution in [0.5, 0.6) is 11.6 Å². The van der Waals surface area contributed by atoms with Gasteiger partial charge < -0.3 is 10.1 Å². The molecule has 0 unspecified atom stereocenters. The van der Waals surface area contributed by atoms with Crippen molar-refractivity contribution >= 4 is 17.0 Å². The van der Waals surface area contributed by atoms with Crippen molar-refractivity contribution in [2.24, 2.45) is 0 Å². The first kappa shape index (κ1) is 10.5. The Kier molecular flexibility index (Phi) is 2.49. The maximum absolute atomic E-state index is 5.68. The molecule has 0 aromatic carbocycles. The SMILES string of the molecule is CNc1nc(Oc2cccnc2)c2cn[nH]c2n1. The molecule has 3 aromatic heterocycles. The summed E-state index contributed by atoms with van der Waals surface area (Å²) in [6, 6.07) is 3.60. The Morgan fingerprint density at radius 2 is 2.22 bits per heavy atom. The molecule has 3 aromatic rings. The van der Waals surface area contributed by atoms with Gasteiger partial charge in [0.1, 0.15) is 11.1 Å². The van der Waals surface area contributed by atoms with E-state index in [1.807, 2.05) is 0 Å². The summed E-state index contributed by atoms with van der Waals surface area (Å²) >= 11 is 0. The van der Waals surface area contributed by atoms with Gasteiger partial charge in [0.25, 0.3) is 0 Å². The number of fused-ring (bicyclic) bond motifs is 1. The van der Waals surface area contributed by atoms with Crippen molar-refractivity contribution < 1.29 is 4.74 Å². The maximum Gasteiger partial charge on any atom is 0.235 e. The molecule has 0 aliphatic heterocycles. The highest BCUT2D eigenvalue weighted by molar-refractivity contribution is 5.80. The number of anilines is 1. The number of ether oxygens (including phenoxy) is 1. The van der Waals surface area contributed by atoms with Gasteiger partial charge in [0, 0.05) is 13.2 Å². The van der Waals surface area contributed by atoms with E-state index < -0.39 is 0 Å². The molecule has 3 heterocycles. The van der Waals surface area contributed by atoms with Crippen LogP contribution in [0.3, 0.4) is 0 Å². The van der Waals surface area contributed by atoms with Crippen LogP contribution in [-0.2, 0) is 0 Å². The monoisotopic (exact) mass is 242 g/mol. The summed E-state index contributed by atoms with van der Waals surface area (Å²) in [7, 11) is 1.74. The third kappa shape index (κ3) is 1.81. The summed E-state index contributed by atoms with van der Waals surface area (Å²) < 4.78 is 5.68. The molecule has 18 heavy (non-hydrogen) atoms. The van der Waals surface area contributed by atoms with Crippen molar-refractivity contribution in [3.05, 3.63) is 30.7 Å². The number of nitrogens with zero attached hydrogens (tertiary/aromatic N) is 4. The van der Waals surface area contributed by atoms with Gasteiger partial charge in [0.15, 0.2) is 5.65 Å². The van der Waals surface area contributed by atoms with Crippen molar-refractivity contribution in [1.29, 1.82) is 0 Å². The van der Waals surface area contributed by atoms with Crippen LogP contribution < -0.4 is 10.1 Å². The number of nitrogens with one attached hydrogen (secondary N) is 2. The Labute approximate surface area is 102 Å². The zero-order chi connectivity index (χ0) is 12.4. The molecule has 90 valence electrons. The smallest absolute Gasteiger partial charge is 0.235 e. The lowest BCUT2D eigenvalue weighted by atomic mass is 10.4. The van der Waals surface area contributed by atoms with Gasteiger partial charge in [-0.15, -0.1) is 0 Å². The summed E-state index contributed by atoms with van der Waals surface area (Å²) in [5, 5.41) is 10.3. The van der Waals surface area contributed by atoms with Crippen LogP contribution in [0.2, 0.25) is 0 Å². The van der Waals surface area contributed by atoms with Crippen LogP contribution >= 0.6 is 0 Å². The molecule has 2 N–H and O–H groups in total. The fourth-order valence-electron chi connectivity index (χ4n) is 1.52. The van der Waals surface area contributed by atoms with Gasteiger partial charge in [-0.25, -0.2) is 0 Å². The maximum atomic E-state index is 5.68. The standard InChI is InChI=1S/C11H10N6O/c1-12-11-15-9-8(6-14-17-9)10(16-11)18-7-3-2-4-13-5-7/h2-6H,1H3,(H2,12,14,15,16,17). The van der Waals surface area contributed by atoms with Crippen LogP contribution in [0.4, 0.5) is 5.95 Å². The van der Waals surface area contributed by atoms with Gasteiger partial charge in [-0.3, -0.25) is 10.1 Å². The van der Waals surface area contributed by atoms with Crippen LogP contribution in [-0.4, -0.2) is 32.2 Å². The van der Waals surface area contributed by atoms with Gasteiger partial charge in [0.2, 0.25) is 11.8 Å². The van der Waals surface area contributed by atoms with E-state index >= 15 is 0 Å².